The molecule has 0 unspecified atom stereocenters. The van der Waals surface area contributed by atoms with Crippen LogP contribution in [0.4, 0.5) is 0 Å². The molecule has 0 bridgehead atoms. The first-order chi connectivity index (χ1) is 9.17. The molecule has 5 heteroatoms. The summed E-state index contributed by atoms with van der Waals surface area (Å²) >= 11 is 0. The molecule has 0 aliphatic heterocycles. The second kappa shape index (κ2) is 8.56. The fraction of sp³-hybridized carbons (Fsp3) is 0.714. The zero-order chi connectivity index (χ0) is 14.1. The van der Waals surface area contributed by atoms with E-state index in [2.05, 4.69) is 5.32 Å². The normalized spacial score (nSPS) is 16.8. The Balaban J connectivity index is 2.67. The van der Waals surface area contributed by atoms with Gasteiger partial charge in [-0.05, 0) is 26.7 Å². The Kier molecular flexibility index (Phi) is 7.00. The lowest BCUT2D eigenvalue weighted by molar-refractivity contribution is -0.141. The number of esters is 2. The van der Waals surface area contributed by atoms with E-state index < -0.39 is 11.9 Å². The molecular formula is C14H23NO4. The third kappa shape index (κ3) is 5.77. The highest BCUT2D eigenvalue weighted by Gasteiger charge is 2.19. The number of hydrogen-bond acceptors (Lipinski definition) is 5. The Morgan fingerprint density at radius 3 is 2.32 bits per heavy atom. The van der Waals surface area contributed by atoms with Crippen LogP contribution in [0.3, 0.4) is 0 Å². The second-order valence-corrected chi connectivity index (χ2v) is 4.51. The molecule has 5 nitrogen and oxygen atoms in total. The molecule has 0 heterocycles. The van der Waals surface area contributed by atoms with Crippen LogP contribution in [0.1, 0.15) is 46.0 Å². The van der Waals surface area contributed by atoms with Crippen molar-refractivity contribution >= 4 is 11.9 Å². The van der Waals surface area contributed by atoms with E-state index in [1.165, 1.54) is 12.5 Å². The fourth-order valence-corrected chi connectivity index (χ4v) is 2.14. The third-order valence-electron chi connectivity index (χ3n) is 3.01. The van der Waals surface area contributed by atoms with Gasteiger partial charge in [-0.2, -0.15) is 0 Å². The number of hydrogen-bond donors (Lipinski definition) is 1. The van der Waals surface area contributed by atoms with E-state index in [1.807, 2.05) is 0 Å². The Bertz CT molecular complexity index is 332. The van der Waals surface area contributed by atoms with Crippen LogP contribution in [0.5, 0.6) is 0 Å². The molecule has 0 aromatic rings. The van der Waals surface area contributed by atoms with Crippen LogP contribution in [-0.4, -0.2) is 31.2 Å². The molecular weight excluding hydrogens is 246 g/mol. The highest BCUT2D eigenvalue weighted by Crippen LogP contribution is 2.18. The van der Waals surface area contributed by atoms with Crippen molar-refractivity contribution in [2.75, 3.05) is 13.2 Å². The standard InChI is InChI=1S/C14H23NO4/c1-3-18-13(16)10-12(14(17)19-4-2)15-11-8-6-5-7-9-11/h10-11,15H,3-9H2,1-2H3. The van der Waals surface area contributed by atoms with Crippen molar-refractivity contribution in [2.45, 2.75) is 52.0 Å². The van der Waals surface area contributed by atoms with Gasteiger partial charge in [0, 0.05) is 6.04 Å². The summed E-state index contributed by atoms with van der Waals surface area (Å²) < 4.78 is 9.77. The third-order valence-corrected chi connectivity index (χ3v) is 3.01. The topological polar surface area (TPSA) is 64.6 Å². The lowest BCUT2D eigenvalue weighted by atomic mass is 9.95. The Labute approximate surface area is 114 Å². The molecule has 1 N–H and O–H groups in total. The molecule has 1 fully saturated rings. The quantitative estimate of drug-likeness (QED) is 0.589. The van der Waals surface area contributed by atoms with Gasteiger partial charge in [0.1, 0.15) is 5.70 Å². The molecule has 0 atom stereocenters. The van der Waals surface area contributed by atoms with Gasteiger partial charge in [0.05, 0.1) is 19.3 Å². The maximum absolute atomic E-state index is 11.8. The van der Waals surface area contributed by atoms with Gasteiger partial charge in [0.15, 0.2) is 0 Å². The lowest BCUT2D eigenvalue weighted by Crippen LogP contribution is -2.34. The van der Waals surface area contributed by atoms with Gasteiger partial charge >= 0.3 is 11.9 Å². The molecule has 1 saturated carbocycles. The zero-order valence-electron chi connectivity index (χ0n) is 11.7. The monoisotopic (exact) mass is 269 g/mol. The predicted octanol–water partition coefficient (Wildman–Crippen LogP) is 1.92. The number of carbonyl (C=O) groups is 2. The summed E-state index contributed by atoms with van der Waals surface area (Å²) in [5.41, 5.74) is 0.201. The molecule has 0 aromatic heterocycles. The van der Waals surface area contributed by atoms with Crippen molar-refractivity contribution in [3.63, 3.8) is 0 Å². The van der Waals surface area contributed by atoms with Crippen molar-refractivity contribution in [1.29, 1.82) is 0 Å². The molecule has 1 aliphatic carbocycles. The average Bonchev–Trinajstić information content (AvgIpc) is 2.40. The van der Waals surface area contributed by atoms with Crippen molar-refractivity contribution < 1.29 is 19.1 Å². The first kappa shape index (κ1) is 15.5. The van der Waals surface area contributed by atoms with Crippen LogP contribution < -0.4 is 5.32 Å². The Morgan fingerprint density at radius 2 is 1.74 bits per heavy atom. The second-order valence-electron chi connectivity index (χ2n) is 4.51. The maximum atomic E-state index is 11.8. The molecule has 1 rings (SSSR count). The predicted molar refractivity (Wildman–Crippen MR) is 71.4 cm³/mol. The molecule has 108 valence electrons. The van der Waals surface area contributed by atoms with Gasteiger partial charge in [-0.25, -0.2) is 9.59 Å². The summed E-state index contributed by atoms with van der Waals surface area (Å²) in [4.78, 5) is 23.3. The highest BCUT2D eigenvalue weighted by atomic mass is 16.5. The van der Waals surface area contributed by atoms with Crippen molar-refractivity contribution in [3.8, 4) is 0 Å². The van der Waals surface area contributed by atoms with E-state index in [9.17, 15) is 9.59 Å². The summed E-state index contributed by atoms with van der Waals surface area (Å²) in [6.45, 7) is 4.03. The number of ether oxygens (including phenoxy) is 2. The minimum atomic E-state index is -0.520. The molecule has 0 aromatic carbocycles. The Morgan fingerprint density at radius 1 is 1.11 bits per heavy atom. The molecule has 0 radical (unpaired) electrons. The van der Waals surface area contributed by atoms with E-state index in [1.54, 1.807) is 13.8 Å². The first-order valence-corrected chi connectivity index (χ1v) is 6.99. The zero-order valence-corrected chi connectivity index (χ0v) is 11.7. The van der Waals surface area contributed by atoms with E-state index in [0.29, 0.717) is 0 Å². The minimum absolute atomic E-state index is 0.201. The SMILES string of the molecule is CCOC(=O)C=C(NC1CCCCC1)C(=O)OCC. The van der Waals surface area contributed by atoms with Gasteiger partial charge < -0.3 is 14.8 Å². The van der Waals surface area contributed by atoms with Crippen molar-refractivity contribution in [2.24, 2.45) is 0 Å². The average molecular weight is 269 g/mol. The van der Waals surface area contributed by atoms with E-state index in [4.69, 9.17) is 9.47 Å². The molecule has 0 saturated heterocycles. The van der Waals surface area contributed by atoms with E-state index in [-0.39, 0.29) is 25.0 Å². The van der Waals surface area contributed by atoms with E-state index in [0.717, 1.165) is 25.7 Å². The summed E-state index contributed by atoms with van der Waals surface area (Å²) in [5.74, 6) is -1.02. The van der Waals surface area contributed by atoms with Crippen LogP contribution in [0.15, 0.2) is 11.8 Å². The number of carbonyl (C=O) groups excluding carboxylic acids is 2. The number of nitrogens with one attached hydrogen (secondary N) is 1. The van der Waals surface area contributed by atoms with Gasteiger partial charge in [-0.1, -0.05) is 19.3 Å². The van der Waals surface area contributed by atoms with Crippen LogP contribution in [0.2, 0.25) is 0 Å². The maximum Gasteiger partial charge on any atom is 0.354 e. The minimum Gasteiger partial charge on any atom is -0.463 e. The van der Waals surface area contributed by atoms with Crippen LogP contribution in [-0.2, 0) is 19.1 Å². The molecule has 0 amide bonds. The van der Waals surface area contributed by atoms with Crippen molar-refractivity contribution in [1.82, 2.24) is 5.32 Å². The fourth-order valence-electron chi connectivity index (χ4n) is 2.14. The van der Waals surface area contributed by atoms with Crippen LogP contribution >= 0.6 is 0 Å². The van der Waals surface area contributed by atoms with E-state index >= 15 is 0 Å². The van der Waals surface area contributed by atoms with Gasteiger partial charge in [0.2, 0.25) is 0 Å². The lowest BCUT2D eigenvalue weighted by Gasteiger charge is -2.24. The van der Waals surface area contributed by atoms with Gasteiger partial charge in [-0.3, -0.25) is 0 Å². The Hall–Kier alpha value is -1.52. The summed E-state index contributed by atoms with van der Waals surface area (Å²) in [7, 11) is 0. The smallest absolute Gasteiger partial charge is 0.354 e. The van der Waals surface area contributed by atoms with Gasteiger partial charge in [0.25, 0.3) is 0 Å². The molecule has 0 spiro atoms. The first-order valence-electron chi connectivity index (χ1n) is 6.99. The molecule has 19 heavy (non-hydrogen) atoms. The molecule has 1 aliphatic rings. The highest BCUT2D eigenvalue weighted by molar-refractivity contribution is 5.95. The number of rotatable bonds is 6. The van der Waals surface area contributed by atoms with Crippen LogP contribution in [0, 0.1) is 0 Å². The van der Waals surface area contributed by atoms with Crippen molar-refractivity contribution in [3.05, 3.63) is 11.8 Å². The largest absolute Gasteiger partial charge is 0.463 e. The van der Waals surface area contributed by atoms with Gasteiger partial charge in [-0.15, -0.1) is 0 Å². The summed E-state index contributed by atoms with van der Waals surface area (Å²) in [6.07, 6.45) is 6.74. The summed E-state index contributed by atoms with van der Waals surface area (Å²) in [5, 5.41) is 3.12. The van der Waals surface area contributed by atoms with Crippen LogP contribution in [0.25, 0.3) is 0 Å². The summed E-state index contributed by atoms with van der Waals surface area (Å²) in [6, 6.07) is 0.235.